The van der Waals surface area contributed by atoms with Crippen LogP contribution in [-0.4, -0.2) is 36.4 Å². The third-order valence-corrected chi connectivity index (χ3v) is 2.87. The summed E-state index contributed by atoms with van der Waals surface area (Å²) in [5.74, 6) is 0.517. The number of nitrogens with zero attached hydrogens (tertiary/aromatic N) is 1. The molecule has 0 aromatic heterocycles. The van der Waals surface area contributed by atoms with E-state index in [1.54, 1.807) is 0 Å². The van der Waals surface area contributed by atoms with Crippen LogP contribution in [0, 0.1) is 5.92 Å². The Balaban J connectivity index is 2.05. The smallest absolute Gasteiger partial charge is 0.129 e. The van der Waals surface area contributed by atoms with Gasteiger partial charge in [0.15, 0.2) is 0 Å². The molecule has 4 atom stereocenters. The number of hydrogen-bond acceptors (Lipinski definition) is 2. The topological polar surface area (TPSA) is 15.3 Å². The average molecular weight is 172 g/mol. The Labute approximate surface area is 73.1 Å². The number of alkyl halides is 1. The van der Waals surface area contributed by atoms with E-state index in [4.69, 9.17) is 0 Å². The van der Waals surface area contributed by atoms with Gasteiger partial charge >= 0.3 is 0 Å². The highest BCUT2D eigenvalue weighted by atomic mass is 19.1. The van der Waals surface area contributed by atoms with Crippen molar-refractivity contribution < 1.29 is 4.39 Å². The lowest BCUT2D eigenvalue weighted by Gasteiger charge is -2.35. The first-order chi connectivity index (χ1) is 5.66. The highest BCUT2D eigenvalue weighted by Gasteiger charge is 2.39. The summed E-state index contributed by atoms with van der Waals surface area (Å²) < 4.78 is 13.5. The summed E-state index contributed by atoms with van der Waals surface area (Å²) in [5.41, 5.74) is 0. The Hall–Kier alpha value is -0.150. The summed E-state index contributed by atoms with van der Waals surface area (Å²) in [5, 5.41) is 3.28. The van der Waals surface area contributed by atoms with Crippen molar-refractivity contribution in [2.45, 2.75) is 38.6 Å². The molecule has 3 heteroatoms. The molecule has 2 aliphatic heterocycles. The summed E-state index contributed by atoms with van der Waals surface area (Å²) in [6, 6.07) is 0.457. The normalized spacial score (nSPS) is 49.2. The number of fused-ring (bicyclic) bond motifs is 1. The maximum Gasteiger partial charge on any atom is 0.129 e. The lowest BCUT2D eigenvalue weighted by atomic mass is 9.97. The molecule has 70 valence electrons. The SMILES string of the molecule is CC1CC(F)C2NC(C)CN2C1. The van der Waals surface area contributed by atoms with Crippen molar-refractivity contribution >= 4 is 0 Å². The number of nitrogens with one attached hydrogen (secondary N) is 1. The molecule has 2 nitrogen and oxygen atoms in total. The number of piperidine rings is 1. The summed E-state index contributed by atoms with van der Waals surface area (Å²) in [6.07, 6.45) is 0.0656. The van der Waals surface area contributed by atoms with Gasteiger partial charge in [0.25, 0.3) is 0 Å². The molecule has 12 heavy (non-hydrogen) atoms. The average Bonchev–Trinajstić information content (AvgIpc) is 2.29. The fourth-order valence-electron chi connectivity index (χ4n) is 2.42. The van der Waals surface area contributed by atoms with E-state index in [1.165, 1.54) is 0 Å². The van der Waals surface area contributed by atoms with Gasteiger partial charge in [0, 0.05) is 19.1 Å². The Kier molecular flexibility index (Phi) is 2.09. The lowest BCUT2D eigenvalue weighted by Crippen LogP contribution is -2.50. The van der Waals surface area contributed by atoms with Crippen molar-refractivity contribution in [1.82, 2.24) is 10.2 Å². The molecular formula is C9H17FN2. The van der Waals surface area contributed by atoms with Crippen LogP contribution in [0.3, 0.4) is 0 Å². The molecule has 2 fully saturated rings. The van der Waals surface area contributed by atoms with Crippen LogP contribution in [0.2, 0.25) is 0 Å². The van der Waals surface area contributed by atoms with E-state index in [0.29, 0.717) is 12.0 Å². The predicted molar refractivity (Wildman–Crippen MR) is 46.6 cm³/mol. The maximum absolute atomic E-state index is 13.5. The fraction of sp³-hybridized carbons (Fsp3) is 1.00. The van der Waals surface area contributed by atoms with Gasteiger partial charge in [0.1, 0.15) is 6.17 Å². The second kappa shape index (κ2) is 2.96. The number of rotatable bonds is 0. The summed E-state index contributed by atoms with van der Waals surface area (Å²) in [6.45, 7) is 6.32. The maximum atomic E-state index is 13.5. The molecule has 0 aliphatic carbocycles. The van der Waals surface area contributed by atoms with Crippen LogP contribution in [0.5, 0.6) is 0 Å². The highest BCUT2D eigenvalue weighted by Crippen LogP contribution is 2.26. The van der Waals surface area contributed by atoms with Crippen molar-refractivity contribution in [3.05, 3.63) is 0 Å². The zero-order valence-electron chi connectivity index (χ0n) is 7.76. The van der Waals surface area contributed by atoms with Gasteiger partial charge in [-0.15, -0.1) is 0 Å². The first-order valence-corrected chi connectivity index (χ1v) is 4.81. The van der Waals surface area contributed by atoms with E-state index in [1.807, 2.05) is 0 Å². The zero-order chi connectivity index (χ0) is 8.72. The molecule has 1 N–H and O–H groups in total. The highest BCUT2D eigenvalue weighted by molar-refractivity contribution is 4.93. The molecule has 0 radical (unpaired) electrons. The van der Waals surface area contributed by atoms with Crippen molar-refractivity contribution in [3.63, 3.8) is 0 Å². The molecule has 2 aliphatic rings. The van der Waals surface area contributed by atoms with Crippen LogP contribution in [-0.2, 0) is 0 Å². The van der Waals surface area contributed by atoms with Crippen molar-refractivity contribution in [3.8, 4) is 0 Å². The van der Waals surface area contributed by atoms with Crippen LogP contribution >= 0.6 is 0 Å². The molecular weight excluding hydrogens is 155 g/mol. The summed E-state index contributed by atoms with van der Waals surface area (Å²) in [7, 11) is 0. The zero-order valence-corrected chi connectivity index (χ0v) is 7.76. The molecule has 0 amide bonds. The molecule has 2 saturated heterocycles. The third kappa shape index (κ3) is 1.36. The van der Waals surface area contributed by atoms with E-state index in [-0.39, 0.29) is 6.17 Å². The quantitative estimate of drug-likeness (QED) is 0.586. The standard InChI is InChI=1S/C9H17FN2/c1-6-3-8(10)9-11-7(2)5-12(9)4-6/h6-9,11H,3-5H2,1-2H3. The minimum atomic E-state index is -0.668. The Morgan fingerprint density at radius 2 is 2.08 bits per heavy atom. The van der Waals surface area contributed by atoms with E-state index in [2.05, 4.69) is 24.1 Å². The molecule has 0 bridgehead atoms. The Bertz CT molecular complexity index is 174. The molecule has 2 heterocycles. The number of hydrogen-bond donors (Lipinski definition) is 1. The predicted octanol–water partition coefficient (Wildman–Crippen LogP) is 0.984. The van der Waals surface area contributed by atoms with Gasteiger partial charge in [-0.05, 0) is 19.3 Å². The van der Waals surface area contributed by atoms with Crippen molar-refractivity contribution in [1.29, 1.82) is 0 Å². The minimum absolute atomic E-state index is 0.0104. The van der Waals surface area contributed by atoms with E-state index in [0.717, 1.165) is 19.5 Å². The van der Waals surface area contributed by atoms with Crippen LogP contribution in [0.4, 0.5) is 4.39 Å². The first-order valence-electron chi connectivity index (χ1n) is 4.81. The first kappa shape index (κ1) is 8.45. The summed E-state index contributed by atoms with van der Waals surface area (Å²) >= 11 is 0. The summed E-state index contributed by atoms with van der Waals surface area (Å²) in [4.78, 5) is 2.24. The molecule has 0 saturated carbocycles. The van der Waals surface area contributed by atoms with Gasteiger partial charge in [-0.2, -0.15) is 0 Å². The van der Waals surface area contributed by atoms with Gasteiger partial charge < -0.3 is 0 Å². The van der Waals surface area contributed by atoms with Gasteiger partial charge in [0.2, 0.25) is 0 Å². The van der Waals surface area contributed by atoms with Gasteiger partial charge in [-0.3, -0.25) is 10.2 Å². The second-order valence-electron chi connectivity index (χ2n) is 4.32. The molecule has 0 spiro atoms. The van der Waals surface area contributed by atoms with Crippen LogP contribution < -0.4 is 5.32 Å². The largest absolute Gasteiger partial charge is 0.295 e. The van der Waals surface area contributed by atoms with Crippen molar-refractivity contribution in [2.75, 3.05) is 13.1 Å². The van der Waals surface area contributed by atoms with Crippen LogP contribution in [0.15, 0.2) is 0 Å². The van der Waals surface area contributed by atoms with Gasteiger partial charge in [-0.1, -0.05) is 6.92 Å². The fourth-order valence-corrected chi connectivity index (χ4v) is 2.42. The van der Waals surface area contributed by atoms with Gasteiger partial charge in [0.05, 0.1) is 6.17 Å². The molecule has 0 aromatic rings. The number of halogens is 1. The minimum Gasteiger partial charge on any atom is -0.295 e. The van der Waals surface area contributed by atoms with Crippen molar-refractivity contribution in [2.24, 2.45) is 5.92 Å². The van der Waals surface area contributed by atoms with Gasteiger partial charge in [-0.25, -0.2) is 4.39 Å². The molecule has 4 unspecified atom stereocenters. The second-order valence-corrected chi connectivity index (χ2v) is 4.32. The molecule has 2 rings (SSSR count). The molecule has 0 aromatic carbocycles. The van der Waals surface area contributed by atoms with E-state index < -0.39 is 6.17 Å². The van der Waals surface area contributed by atoms with E-state index in [9.17, 15) is 4.39 Å². The van der Waals surface area contributed by atoms with Crippen LogP contribution in [0.25, 0.3) is 0 Å². The third-order valence-electron chi connectivity index (χ3n) is 2.87. The Morgan fingerprint density at radius 3 is 2.83 bits per heavy atom. The lowest BCUT2D eigenvalue weighted by molar-refractivity contribution is 0.0579. The Morgan fingerprint density at radius 1 is 1.33 bits per heavy atom. The van der Waals surface area contributed by atoms with Crippen LogP contribution in [0.1, 0.15) is 20.3 Å². The monoisotopic (exact) mass is 172 g/mol. The van der Waals surface area contributed by atoms with E-state index >= 15 is 0 Å².